The van der Waals surface area contributed by atoms with Crippen molar-refractivity contribution < 1.29 is 9.59 Å². The molecule has 0 radical (unpaired) electrons. The van der Waals surface area contributed by atoms with E-state index in [4.69, 9.17) is 0 Å². The summed E-state index contributed by atoms with van der Waals surface area (Å²) in [6.45, 7) is 7.03. The molecule has 26 heavy (non-hydrogen) atoms. The van der Waals surface area contributed by atoms with Crippen molar-refractivity contribution in [1.82, 2.24) is 10.6 Å². The van der Waals surface area contributed by atoms with Crippen molar-refractivity contribution in [2.75, 3.05) is 0 Å². The third-order valence-electron chi connectivity index (χ3n) is 4.26. The van der Waals surface area contributed by atoms with Crippen molar-refractivity contribution >= 4 is 17.5 Å². The average molecular weight is 350 g/mol. The smallest absolute Gasteiger partial charge is 0.221 e. The summed E-state index contributed by atoms with van der Waals surface area (Å²) in [7, 11) is 0. The number of rotatable bonds is 6. The highest BCUT2D eigenvalue weighted by Gasteiger charge is 2.20. The molecule has 0 heterocycles. The monoisotopic (exact) mass is 350 g/mol. The molecule has 0 aliphatic heterocycles. The van der Waals surface area contributed by atoms with Crippen LogP contribution in [0.4, 0.5) is 0 Å². The first-order valence-electron chi connectivity index (χ1n) is 8.82. The molecule has 1 atom stereocenters. The van der Waals surface area contributed by atoms with Crippen LogP contribution in [0.1, 0.15) is 50.4 Å². The Balaban J connectivity index is 2.55. The Hall–Kier alpha value is -2.88. The van der Waals surface area contributed by atoms with Gasteiger partial charge in [-0.05, 0) is 35.6 Å². The van der Waals surface area contributed by atoms with Crippen molar-refractivity contribution in [2.24, 2.45) is 0 Å². The van der Waals surface area contributed by atoms with E-state index in [1.54, 1.807) is 0 Å². The van der Waals surface area contributed by atoms with E-state index in [1.165, 1.54) is 19.4 Å². The molecule has 0 saturated carbocycles. The molecule has 136 valence electrons. The highest BCUT2D eigenvalue weighted by atomic mass is 16.2. The lowest BCUT2D eigenvalue weighted by Crippen LogP contribution is -2.29. The molecule has 0 bridgehead atoms. The van der Waals surface area contributed by atoms with E-state index in [0.29, 0.717) is 0 Å². The predicted octanol–water partition coefficient (Wildman–Crippen LogP) is 3.99. The van der Waals surface area contributed by atoms with E-state index < -0.39 is 0 Å². The first kappa shape index (κ1) is 19.4. The van der Waals surface area contributed by atoms with E-state index in [2.05, 4.69) is 29.7 Å². The van der Waals surface area contributed by atoms with Crippen LogP contribution < -0.4 is 10.6 Å². The number of benzene rings is 2. The zero-order valence-electron chi connectivity index (χ0n) is 15.8. The number of hydrogen-bond acceptors (Lipinski definition) is 2. The number of aryl methyl sites for hydroxylation is 1. The van der Waals surface area contributed by atoms with Crippen molar-refractivity contribution in [3.05, 3.63) is 76.9 Å². The van der Waals surface area contributed by atoms with Gasteiger partial charge in [0.05, 0.1) is 6.04 Å². The quantitative estimate of drug-likeness (QED) is 0.827. The summed E-state index contributed by atoms with van der Waals surface area (Å²) in [5, 5.41) is 5.94. The van der Waals surface area contributed by atoms with Gasteiger partial charge in [0.25, 0.3) is 0 Å². The molecule has 0 fully saturated rings. The molecule has 2 N–H and O–H groups in total. The SMILES string of the molecule is CCc1ccc(C(NC(C)=O)/C(C)=C(\NC(C)=O)c2ccccc2)cc1. The summed E-state index contributed by atoms with van der Waals surface area (Å²) in [5.41, 5.74) is 4.72. The van der Waals surface area contributed by atoms with Crippen molar-refractivity contribution in [3.8, 4) is 0 Å². The Kier molecular flexibility index (Phi) is 6.73. The lowest BCUT2D eigenvalue weighted by molar-refractivity contribution is -0.119. The van der Waals surface area contributed by atoms with Crippen LogP contribution in [0.3, 0.4) is 0 Å². The van der Waals surface area contributed by atoms with Gasteiger partial charge in [0.1, 0.15) is 0 Å². The maximum absolute atomic E-state index is 11.8. The van der Waals surface area contributed by atoms with Gasteiger partial charge in [-0.2, -0.15) is 0 Å². The van der Waals surface area contributed by atoms with Gasteiger partial charge in [-0.1, -0.05) is 61.5 Å². The summed E-state index contributed by atoms with van der Waals surface area (Å²) in [4.78, 5) is 23.6. The summed E-state index contributed by atoms with van der Waals surface area (Å²) in [6.07, 6.45) is 0.959. The minimum absolute atomic E-state index is 0.121. The van der Waals surface area contributed by atoms with Crippen LogP contribution in [0, 0.1) is 0 Å². The van der Waals surface area contributed by atoms with E-state index in [9.17, 15) is 9.59 Å². The summed E-state index contributed by atoms with van der Waals surface area (Å²) in [5.74, 6) is -0.268. The van der Waals surface area contributed by atoms with Crippen LogP contribution in [0.2, 0.25) is 0 Å². The lowest BCUT2D eigenvalue weighted by Gasteiger charge is -2.23. The molecule has 4 heteroatoms. The molecule has 1 unspecified atom stereocenters. The molecular weight excluding hydrogens is 324 g/mol. The Morgan fingerprint density at radius 3 is 2.00 bits per heavy atom. The Morgan fingerprint density at radius 2 is 1.50 bits per heavy atom. The fraction of sp³-hybridized carbons (Fsp3) is 0.273. The van der Waals surface area contributed by atoms with E-state index in [0.717, 1.165) is 28.8 Å². The second-order valence-electron chi connectivity index (χ2n) is 6.33. The summed E-state index contributed by atoms with van der Waals surface area (Å²) in [6, 6.07) is 17.5. The van der Waals surface area contributed by atoms with Gasteiger partial charge in [-0.25, -0.2) is 0 Å². The van der Waals surface area contributed by atoms with Crippen molar-refractivity contribution in [2.45, 2.75) is 40.2 Å². The summed E-state index contributed by atoms with van der Waals surface area (Å²) < 4.78 is 0. The molecular formula is C22H26N2O2. The third kappa shape index (κ3) is 5.06. The lowest BCUT2D eigenvalue weighted by atomic mass is 9.94. The van der Waals surface area contributed by atoms with Gasteiger partial charge < -0.3 is 10.6 Å². The number of nitrogens with one attached hydrogen (secondary N) is 2. The van der Waals surface area contributed by atoms with E-state index >= 15 is 0 Å². The molecule has 2 aromatic rings. The summed E-state index contributed by atoms with van der Waals surface area (Å²) >= 11 is 0. The second kappa shape index (κ2) is 8.99. The molecule has 2 amide bonds. The van der Waals surface area contributed by atoms with Gasteiger partial charge in [0, 0.05) is 19.5 Å². The predicted molar refractivity (Wildman–Crippen MR) is 105 cm³/mol. The fourth-order valence-electron chi connectivity index (χ4n) is 2.91. The van der Waals surface area contributed by atoms with Crippen LogP contribution in [-0.2, 0) is 16.0 Å². The molecule has 2 rings (SSSR count). The topological polar surface area (TPSA) is 58.2 Å². The number of amides is 2. The second-order valence-corrected chi connectivity index (χ2v) is 6.33. The largest absolute Gasteiger partial charge is 0.346 e. The molecule has 4 nitrogen and oxygen atoms in total. The first-order chi connectivity index (χ1) is 12.4. The van der Waals surface area contributed by atoms with Crippen molar-refractivity contribution in [1.29, 1.82) is 0 Å². The van der Waals surface area contributed by atoms with Gasteiger partial charge in [0.15, 0.2) is 0 Å². The average Bonchev–Trinajstić information content (AvgIpc) is 2.64. The van der Waals surface area contributed by atoms with Gasteiger partial charge in [-0.3, -0.25) is 9.59 Å². The number of carbonyl (C=O) groups is 2. The van der Waals surface area contributed by atoms with Gasteiger partial charge >= 0.3 is 0 Å². The van der Waals surface area contributed by atoms with Crippen LogP contribution in [0.5, 0.6) is 0 Å². The standard InChI is InChI=1S/C22H26N2O2/c1-5-18-11-13-20(14-12-18)22(24-17(4)26)15(2)21(23-16(3)25)19-9-7-6-8-10-19/h6-14,22H,5H2,1-4H3,(H,23,25)(H,24,26)/b21-15-. The highest BCUT2D eigenvalue weighted by Crippen LogP contribution is 2.28. The normalized spacial score (nSPS) is 12.8. The fourth-order valence-corrected chi connectivity index (χ4v) is 2.91. The number of hydrogen-bond donors (Lipinski definition) is 2. The van der Waals surface area contributed by atoms with E-state index in [1.807, 2.05) is 49.4 Å². The maximum Gasteiger partial charge on any atom is 0.221 e. The molecule has 0 saturated heterocycles. The molecule has 0 aliphatic carbocycles. The molecule has 2 aromatic carbocycles. The highest BCUT2D eigenvalue weighted by molar-refractivity contribution is 5.86. The number of carbonyl (C=O) groups excluding carboxylic acids is 2. The Bertz CT molecular complexity index is 793. The zero-order valence-corrected chi connectivity index (χ0v) is 15.8. The van der Waals surface area contributed by atoms with Crippen LogP contribution >= 0.6 is 0 Å². The minimum atomic E-state index is -0.319. The minimum Gasteiger partial charge on any atom is -0.346 e. The van der Waals surface area contributed by atoms with Gasteiger partial charge in [0.2, 0.25) is 11.8 Å². The third-order valence-corrected chi connectivity index (χ3v) is 4.26. The zero-order chi connectivity index (χ0) is 19.1. The Morgan fingerprint density at radius 1 is 0.885 bits per heavy atom. The first-order valence-corrected chi connectivity index (χ1v) is 8.82. The Labute approximate surface area is 155 Å². The molecule has 0 aromatic heterocycles. The van der Waals surface area contributed by atoms with Crippen LogP contribution in [0.15, 0.2) is 60.2 Å². The van der Waals surface area contributed by atoms with Crippen LogP contribution in [-0.4, -0.2) is 11.8 Å². The maximum atomic E-state index is 11.8. The van der Waals surface area contributed by atoms with Crippen molar-refractivity contribution in [3.63, 3.8) is 0 Å². The van der Waals surface area contributed by atoms with Gasteiger partial charge in [-0.15, -0.1) is 0 Å². The van der Waals surface area contributed by atoms with E-state index in [-0.39, 0.29) is 17.9 Å². The molecule has 0 aliphatic rings. The van der Waals surface area contributed by atoms with Crippen LogP contribution in [0.25, 0.3) is 5.70 Å². The molecule has 0 spiro atoms.